The van der Waals surface area contributed by atoms with Crippen molar-refractivity contribution in [1.29, 1.82) is 0 Å². The summed E-state index contributed by atoms with van der Waals surface area (Å²) in [6.45, 7) is 3.87. The van der Waals surface area contributed by atoms with Gasteiger partial charge in [0.25, 0.3) is 0 Å². The largest absolute Gasteiger partial charge is 0.496 e. The fourth-order valence-corrected chi connectivity index (χ4v) is 2.86. The summed E-state index contributed by atoms with van der Waals surface area (Å²) in [4.78, 5) is 11.0. The number of nitrogens with zero attached hydrogens (tertiary/aromatic N) is 5. The highest BCUT2D eigenvalue weighted by Crippen LogP contribution is 2.30. The lowest BCUT2D eigenvalue weighted by molar-refractivity contribution is 0.416. The predicted molar refractivity (Wildman–Crippen MR) is 112 cm³/mol. The molecule has 3 rings (SSSR count). The molecule has 2 aromatic carbocycles. The summed E-state index contributed by atoms with van der Waals surface area (Å²) in [5.74, 6) is 1.93. The van der Waals surface area contributed by atoms with E-state index in [1.54, 1.807) is 7.11 Å². The molecule has 0 aliphatic carbocycles. The molecule has 1 heterocycles. The first-order chi connectivity index (χ1) is 13.5. The summed E-state index contributed by atoms with van der Waals surface area (Å²) in [7, 11) is 5.69. The van der Waals surface area contributed by atoms with Gasteiger partial charge in [-0.15, -0.1) is 5.11 Å². The van der Waals surface area contributed by atoms with Crippen molar-refractivity contribution in [3.05, 3.63) is 66.0 Å². The van der Waals surface area contributed by atoms with Gasteiger partial charge in [-0.3, -0.25) is 0 Å². The lowest BCUT2D eigenvalue weighted by atomic mass is 10.1. The van der Waals surface area contributed by atoms with Crippen LogP contribution in [-0.4, -0.2) is 31.2 Å². The van der Waals surface area contributed by atoms with Crippen LogP contribution in [0.3, 0.4) is 0 Å². The molecule has 1 atom stereocenters. The minimum atomic E-state index is -0.0683. The van der Waals surface area contributed by atoms with Crippen molar-refractivity contribution in [2.75, 3.05) is 26.1 Å². The number of anilines is 1. The number of hydrogen-bond donors (Lipinski definition) is 0. The van der Waals surface area contributed by atoms with E-state index in [2.05, 4.69) is 49.4 Å². The van der Waals surface area contributed by atoms with Crippen molar-refractivity contribution in [3.8, 4) is 17.0 Å². The average Bonchev–Trinajstić information content (AvgIpc) is 2.71. The molecule has 28 heavy (non-hydrogen) atoms. The van der Waals surface area contributed by atoms with Gasteiger partial charge in [-0.2, -0.15) is 5.11 Å². The molecular formula is C22H25N5O. The number of ether oxygens (including phenoxy) is 1. The van der Waals surface area contributed by atoms with E-state index in [0.717, 1.165) is 28.3 Å². The molecule has 0 spiro atoms. The molecule has 0 saturated heterocycles. The van der Waals surface area contributed by atoms with E-state index in [4.69, 9.17) is 4.74 Å². The second kappa shape index (κ2) is 8.61. The van der Waals surface area contributed by atoms with E-state index in [9.17, 15) is 0 Å². The maximum Gasteiger partial charge on any atom is 0.177 e. The molecule has 1 unspecified atom stereocenters. The molecule has 0 amide bonds. The zero-order valence-electron chi connectivity index (χ0n) is 16.9. The Labute approximate surface area is 165 Å². The summed E-state index contributed by atoms with van der Waals surface area (Å²) < 4.78 is 5.44. The third-order valence-corrected chi connectivity index (χ3v) is 4.43. The zero-order chi connectivity index (χ0) is 20.1. The van der Waals surface area contributed by atoms with Crippen molar-refractivity contribution in [2.24, 2.45) is 10.2 Å². The topological polar surface area (TPSA) is 63.0 Å². The quantitative estimate of drug-likeness (QED) is 0.543. The Morgan fingerprint density at radius 3 is 2.39 bits per heavy atom. The van der Waals surface area contributed by atoms with Gasteiger partial charge in [0.1, 0.15) is 11.6 Å². The van der Waals surface area contributed by atoms with E-state index >= 15 is 0 Å². The predicted octanol–water partition coefficient (Wildman–Crippen LogP) is 5.37. The van der Waals surface area contributed by atoms with Gasteiger partial charge in [0.15, 0.2) is 5.82 Å². The SMILES string of the molecule is COc1ccccc1-c1cc(N=NC(C)c2ccc(N(C)C)cc2)nc(C)n1. The van der Waals surface area contributed by atoms with Crippen molar-refractivity contribution in [2.45, 2.75) is 19.9 Å². The third kappa shape index (κ3) is 4.52. The molecule has 0 radical (unpaired) electrons. The maximum absolute atomic E-state index is 5.44. The van der Waals surface area contributed by atoms with Gasteiger partial charge >= 0.3 is 0 Å². The number of rotatable bonds is 6. The van der Waals surface area contributed by atoms with Gasteiger partial charge in [0.05, 0.1) is 18.8 Å². The summed E-state index contributed by atoms with van der Waals surface area (Å²) in [5.41, 5.74) is 3.92. The summed E-state index contributed by atoms with van der Waals surface area (Å²) in [5, 5.41) is 8.81. The van der Waals surface area contributed by atoms with Crippen LogP contribution in [0.1, 0.15) is 24.4 Å². The van der Waals surface area contributed by atoms with Crippen LogP contribution in [0.5, 0.6) is 5.75 Å². The molecule has 0 aliphatic heterocycles. The first-order valence-electron chi connectivity index (χ1n) is 9.15. The fourth-order valence-electron chi connectivity index (χ4n) is 2.86. The molecule has 0 saturated carbocycles. The molecule has 3 aromatic rings. The Balaban J connectivity index is 1.85. The monoisotopic (exact) mass is 375 g/mol. The van der Waals surface area contributed by atoms with Crippen LogP contribution in [0.25, 0.3) is 11.3 Å². The van der Waals surface area contributed by atoms with Crippen molar-refractivity contribution in [1.82, 2.24) is 9.97 Å². The van der Waals surface area contributed by atoms with Crippen molar-refractivity contribution < 1.29 is 4.74 Å². The smallest absolute Gasteiger partial charge is 0.177 e. The van der Waals surface area contributed by atoms with Crippen molar-refractivity contribution in [3.63, 3.8) is 0 Å². The minimum absolute atomic E-state index is 0.0683. The van der Waals surface area contributed by atoms with Gasteiger partial charge in [-0.1, -0.05) is 24.3 Å². The van der Waals surface area contributed by atoms with Crippen molar-refractivity contribution >= 4 is 11.5 Å². The number of methoxy groups -OCH3 is 1. The van der Waals surface area contributed by atoms with Crippen LogP contribution >= 0.6 is 0 Å². The minimum Gasteiger partial charge on any atom is -0.496 e. The Hall–Kier alpha value is -3.28. The molecular weight excluding hydrogens is 350 g/mol. The molecule has 6 nitrogen and oxygen atoms in total. The molecule has 1 aromatic heterocycles. The molecule has 0 fully saturated rings. The highest BCUT2D eigenvalue weighted by Gasteiger charge is 2.10. The highest BCUT2D eigenvalue weighted by molar-refractivity contribution is 5.68. The van der Waals surface area contributed by atoms with Gasteiger partial charge < -0.3 is 9.64 Å². The third-order valence-electron chi connectivity index (χ3n) is 4.43. The molecule has 0 N–H and O–H groups in total. The lowest BCUT2D eigenvalue weighted by Gasteiger charge is -2.13. The van der Waals surface area contributed by atoms with Crippen LogP contribution in [0.2, 0.25) is 0 Å². The van der Waals surface area contributed by atoms with E-state index in [1.165, 1.54) is 0 Å². The Morgan fingerprint density at radius 2 is 1.71 bits per heavy atom. The number of aromatic nitrogens is 2. The summed E-state index contributed by atoms with van der Waals surface area (Å²) in [6.07, 6.45) is 0. The lowest BCUT2D eigenvalue weighted by Crippen LogP contribution is -2.08. The second-order valence-electron chi connectivity index (χ2n) is 6.74. The molecule has 0 aliphatic rings. The number of benzene rings is 2. The van der Waals surface area contributed by atoms with Crippen LogP contribution in [0.4, 0.5) is 11.5 Å². The second-order valence-corrected chi connectivity index (χ2v) is 6.74. The van der Waals surface area contributed by atoms with Crippen LogP contribution in [0.15, 0.2) is 64.8 Å². The number of hydrogen-bond acceptors (Lipinski definition) is 6. The normalized spacial score (nSPS) is 12.2. The highest BCUT2D eigenvalue weighted by atomic mass is 16.5. The van der Waals surface area contributed by atoms with Gasteiger partial charge in [-0.25, -0.2) is 9.97 Å². The molecule has 6 heteroatoms. The van der Waals surface area contributed by atoms with Gasteiger partial charge in [0, 0.05) is 31.4 Å². The van der Waals surface area contributed by atoms with Crippen LogP contribution in [-0.2, 0) is 0 Å². The molecule has 0 bridgehead atoms. The standard InChI is InChI=1S/C22H25N5O/c1-15(17-10-12-18(13-11-17)27(3)4)25-26-22-14-20(23-16(2)24-22)19-8-6-7-9-21(19)28-5/h6-15H,1-5H3. The van der Waals surface area contributed by atoms with E-state index in [0.29, 0.717) is 11.6 Å². The fraction of sp³-hybridized carbons (Fsp3) is 0.273. The Kier molecular flexibility index (Phi) is 5.99. The van der Waals surface area contributed by atoms with Gasteiger partial charge in [0.2, 0.25) is 0 Å². The number of para-hydroxylation sites is 1. The number of aryl methyl sites for hydroxylation is 1. The van der Waals surface area contributed by atoms with E-state index in [-0.39, 0.29) is 6.04 Å². The number of azo groups is 1. The summed E-state index contributed by atoms with van der Waals surface area (Å²) in [6, 6.07) is 17.8. The van der Waals surface area contributed by atoms with Gasteiger partial charge in [-0.05, 0) is 43.7 Å². The molecule has 144 valence electrons. The first-order valence-corrected chi connectivity index (χ1v) is 9.15. The zero-order valence-corrected chi connectivity index (χ0v) is 16.9. The maximum atomic E-state index is 5.44. The van der Waals surface area contributed by atoms with E-state index < -0.39 is 0 Å². The Bertz CT molecular complexity index is 967. The van der Waals surface area contributed by atoms with Crippen LogP contribution in [0, 0.1) is 6.92 Å². The van der Waals surface area contributed by atoms with Crippen LogP contribution < -0.4 is 9.64 Å². The average molecular weight is 375 g/mol. The summed E-state index contributed by atoms with van der Waals surface area (Å²) >= 11 is 0. The first kappa shape index (κ1) is 19.5. The van der Waals surface area contributed by atoms with E-state index in [1.807, 2.05) is 58.3 Å². The Morgan fingerprint density at radius 1 is 1.00 bits per heavy atom.